The zero-order valence-corrected chi connectivity index (χ0v) is 7.58. The molecule has 0 spiro atoms. The molecule has 5 heteroatoms. The fourth-order valence-electron chi connectivity index (χ4n) is 1.35. The molecular weight excluding hydrogens is 172 g/mol. The van der Waals surface area contributed by atoms with Crippen molar-refractivity contribution in [2.24, 2.45) is 5.73 Å². The Morgan fingerprint density at radius 3 is 2.69 bits per heavy atom. The van der Waals surface area contributed by atoms with Gasteiger partial charge in [0.15, 0.2) is 0 Å². The van der Waals surface area contributed by atoms with Gasteiger partial charge in [0.05, 0.1) is 12.1 Å². The van der Waals surface area contributed by atoms with E-state index in [1.54, 1.807) is 0 Å². The van der Waals surface area contributed by atoms with E-state index in [0.717, 1.165) is 0 Å². The molecule has 0 aliphatic carbocycles. The quantitative estimate of drug-likeness (QED) is 0.506. The predicted octanol–water partition coefficient (Wildman–Crippen LogP) is -1.40. The Hall–Kier alpha value is -0.650. The third-order valence-electron chi connectivity index (χ3n) is 2.18. The number of aliphatic hydroxyl groups is 1. The summed E-state index contributed by atoms with van der Waals surface area (Å²) in [7, 11) is 0. The fourth-order valence-corrected chi connectivity index (χ4v) is 1.35. The van der Waals surface area contributed by atoms with Crippen LogP contribution in [-0.2, 0) is 9.53 Å². The summed E-state index contributed by atoms with van der Waals surface area (Å²) in [6, 6.07) is 0. The molecule has 76 valence electrons. The minimum absolute atomic E-state index is 0.114. The summed E-state index contributed by atoms with van der Waals surface area (Å²) in [6.07, 6.45) is 1.22. The lowest BCUT2D eigenvalue weighted by Gasteiger charge is -2.32. The van der Waals surface area contributed by atoms with Gasteiger partial charge in [0.2, 0.25) is 5.91 Å². The molecule has 1 amide bonds. The van der Waals surface area contributed by atoms with Gasteiger partial charge < -0.3 is 20.9 Å². The number of primary amides is 1. The highest BCUT2D eigenvalue weighted by Crippen LogP contribution is 2.18. The summed E-state index contributed by atoms with van der Waals surface area (Å²) in [4.78, 5) is 10.4. The van der Waals surface area contributed by atoms with E-state index in [2.05, 4.69) is 5.32 Å². The van der Waals surface area contributed by atoms with E-state index in [0.29, 0.717) is 32.6 Å². The molecule has 0 unspecified atom stereocenters. The molecule has 1 heterocycles. The third-order valence-corrected chi connectivity index (χ3v) is 2.18. The number of carbonyl (C=O) groups excluding carboxylic acids is 1. The van der Waals surface area contributed by atoms with Crippen LogP contribution in [0.1, 0.15) is 12.8 Å². The van der Waals surface area contributed by atoms with Crippen molar-refractivity contribution in [1.82, 2.24) is 5.32 Å². The van der Waals surface area contributed by atoms with Crippen molar-refractivity contribution in [2.45, 2.75) is 18.4 Å². The average Bonchev–Trinajstić information content (AvgIpc) is 2.04. The number of ether oxygens (including phenoxy) is 1. The lowest BCUT2D eigenvalue weighted by Crippen LogP contribution is -2.46. The first-order chi connectivity index (χ1) is 6.12. The fraction of sp³-hybridized carbons (Fsp3) is 0.875. The Bertz CT molecular complexity index is 178. The number of hydrogen-bond acceptors (Lipinski definition) is 4. The molecule has 5 nitrogen and oxygen atoms in total. The predicted molar refractivity (Wildman–Crippen MR) is 47.1 cm³/mol. The van der Waals surface area contributed by atoms with Crippen LogP contribution in [-0.4, -0.2) is 42.9 Å². The van der Waals surface area contributed by atoms with Crippen LogP contribution >= 0.6 is 0 Å². The second kappa shape index (κ2) is 4.55. The van der Waals surface area contributed by atoms with E-state index in [9.17, 15) is 9.90 Å². The summed E-state index contributed by atoms with van der Waals surface area (Å²) >= 11 is 0. The van der Waals surface area contributed by atoms with Crippen molar-refractivity contribution in [3.63, 3.8) is 0 Å². The normalized spacial score (nSPS) is 21.3. The smallest absolute Gasteiger partial charge is 0.231 e. The lowest BCUT2D eigenvalue weighted by molar-refractivity contribution is -0.117. The molecule has 0 aromatic heterocycles. The largest absolute Gasteiger partial charge is 0.388 e. The lowest BCUT2D eigenvalue weighted by atomic mass is 9.94. The van der Waals surface area contributed by atoms with Gasteiger partial charge in [-0.05, 0) is 0 Å². The van der Waals surface area contributed by atoms with Crippen LogP contribution in [0.25, 0.3) is 0 Å². The zero-order chi connectivity index (χ0) is 9.73. The van der Waals surface area contributed by atoms with Crippen LogP contribution in [0.15, 0.2) is 0 Å². The maximum Gasteiger partial charge on any atom is 0.231 e. The van der Waals surface area contributed by atoms with Crippen LogP contribution in [0.2, 0.25) is 0 Å². The van der Waals surface area contributed by atoms with E-state index in [4.69, 9.17) is 10.5 Å². The van der Waals surface area contributed by atoms with Gasteiger partial charge >= 0.3 is 0 Å². The maximum absolute atomic E-state index is 10.4. The van der Waals surface area contributed by atoms with Crippen LogP contribution in [0.3, 0.4) is 0 Å². The summed E-state index contributed by atoms with van der Waals surface area (Å²) in [5.74, 6) is -0.407. The van der Waals surface area contributed by atoms with E-state index >= 15 is 0 Å². The molecule has 1 aliphatic rings. The van der Waals surface area contributed by atoms with Crippen LogP contribution < -0.4 is 11.1 Å². The van der Waals surface area contributed by atoms with Gasteiger partial charge in [-0.2, -0.15) is 0 Å². The Morgan fingerprint density at radius 2 is 2.15 bits per heavy atom. The van der Waals surface area contributed by atoms with Crippen molar-refractivity contribution in [3.05, 3.63) is 0 Å². The van der Waals surface area contributed by atoms with Crippen molar-refractivity contribution in [2.75, 3.05) is 26.3 Å². The van der Waals surface area contributed by atoms with Crippen molar-refractivity contribution in [3.8, 4) is 0 Å². The van der Waals surface area contributed by atoms with E-state index in [1.165, 1.54) is 0 Å². The first-order valence-corrected chi connectivity index (χ1v) is 4.42. The maximum atomic E-state index is 10.4. The van der Waals surface area contributed by atoms with E-state index < -0.39 is 11.5 Å². The molecule has 0 bridgehead atoms. The molecule has 1 aliphatic heterocycles. The minimum atomic E-state index is -0.728. The molecule has 1 saturated heterocycles. The number of nitrogens with two attached hydrogens (primary N) is 1. The van der Waals surface area contributed by atoms with Crippen molar-refractivity contribution >= 4 is 5.91 Å². The summed E-state index contributed by atoms with van der Waals surface area (Å²) in [5.41, 5.74) is 4.21. The summed E-state index contributed by atoms with van der Waals surface area (Å²) < 4.78 is 5.11. The van der Waals surface area contributed by atoms with Gasteiger partial charge in [-0.3, -0.25) is 4.79 Å². The second-order valence-electron chi connectivity index (χ2n) is 3.41. The molecule has 0 saturated carbocycles. The molecule has 0 aromatic rings. The van der Waals surface area contributed by atoms with Gasteiger partial charge in [-0.15, -0.1) is 0 Å². The minimum Gasteiger partial charge on any atom is -0.388 e. The van der Waals surface area contributed by atoms with Gasteiger partial charge in [0, 0.05) is 32.6 Å². The third kappa shape index (κ3) is 3.71. The molecule has 13 heavy (non-hydrogen) atoms. The SMILES string of the molecule is NC(=O)CNCC1(O)CCOCC1. The van der Waals surface area contributed by atoms with Crippen LogP contribution in [0, 0.1) is 0 Å². The number of rotatable bonds is 4. The monoisotopic (exact) mass is 188 g/mol. The highest BCUT2D eigenvalue weighted by Gasteiger charge is 2.29. The topological polar surface area (TPSA) is 84.6 Å². The number of amides is 1. The number of hydrogen-bond donors (Lipinski definition) is 3. The summed E-state index contributed by atoms with van der Waals surface area (Å²) in [6.45, 7) is 1.67. The Labute approximate surface area is 77.2 Å². The zero-order valence-electron chi connectivity index (χ0n) is 7.58. The van der Waals surface area contributed by atoms with Gasteiger partial charge in [0.25, 0.3) is 0 Å². The standard InChI is InChI=1S/C8H16N2O3/c9-7(11)5-10-6-8(12)1-3-13-4-2-8/h10,12H,1-6H2,(H2,9,11). The van der Waals surface area contributed by atoms with Gasteiger partial charge in [-0.25, -0.2) is 0 Å². The van der Waals surface area contributed by atoms with Crippen LogP contribution in [0.4, 0.5) is 0 Å². The van der Waals surface area contributed by atoms with Gasteiger partial charge in [0.1, 0.15) is 0 Å². The molecule has 1 rings (SSSR count). The van der Waals surface area contributed by atoms with Crippen molar-refractivity contribution in [1.29, 1.82) is 0 Å². The molecular formula is C8H16N2O3. The molecule has 1 fully saturated rings. The summed E-state index contributed by atoms with van der Waals surface area (Å²) in [5, 5.41) is 12.7. The molecule has 0 radical (unpaired) electrons. The molecule has 4 N–H and O–H groups in total. The second-order valence-corrected chi connectivity index (χ2v) is 3.41. The molecule has 0 atom stereocenters. The van der Waals surface area contributed by atoms with Crippen molar-refractivity contribution < 1.29 is 14.6 Å². The van der Waals surface area contributed by atoms with Gasteiger partial charge in [-0.1, -0.05) is 0 Å². The first kappa shape index (κ1) is 10.4. The Balaban J connectivity index is 2.21. The highest BCUT2D eigenvalue weighted by molar-refractivity contribution is 5.75. The van der Waals surface area contributed by atoms with E-state index in [1.807, 2.05) is 0 Å². The van der Waals surface area contributed by atoms with E-state index in [-0.39, 0.29) is 6.54 Å². The number of nitrogens with one attached hydrogen (secondary N) is 1. The van der Waals surface area contributed by atoms with Crippen LogP contribution in [0.5, 0.6) is 0 Å². The Morgan fingerprint density at radius 1 is 1.54 bits per heavy atom. The number of carbonyl (C=O) groups is 1. The first-order valence-electron chi connectivity index (χ1n) is 4.42. The highest BCUT2D eigenvalue weighted by atomic mass is 16.5. The Kier molecular flexibility index (Phi) is 3.65. The molecule has 0 aromatic carbocycles. The average molecular weight is 188 g/mol.